The van der Waals surface area contributed by atoms with Gasteiger partial charge in [0.25, 0.3) is 0 Å². The van der Waals surface area contributed by atoms with Crippen molar-refractivity contribution in [1.29, 1.82) is 0 Å². The first-order valence-electron chi connectivity index (χ1n) is 24.1. The number of fused-ring (bicyclic) bond motifs is 6. The summed E-state index contributed by atoms with van der Waals surface area (Å²) in [5, 5.41) is 7.47. The van der Waals surface area contributed by atoms with Gasteiger partial charge in [-0.1, -0.05) is 224 Å². The Morgan fingerprint density at radius 3 is 1.50 bits per heavy atom. The van der Waals surface area contributed by atoms with Crippen LogP contribution >= 0.6 is 0 Å². The zero-order chi connectivity index (χ0) is 46.4. The lowest BCUT2D eigenvalue weighted by Gasteiger charge is -2.28. The van der Waals surface area contributed by atoms with E-state index in [1.807, 2.05) is 0 Å². The Kier molecular flexibility index (Phi) is 10.2. The first-order chi connectivity index (χ1) is 34.8. The minimum Gasteiger partial charge on any atom is -0.310 e. The number of anilines is 3. The molecule has 0 aliphatic rings. The van der Waals surface area contributed by atoms with E-state index < -0.39 is 0 Å². The molecule has 0 aliphatic carbocycles. The SMILES string of the molecule is c1ccc(-c2ccccc2N(c2ccc(-c3ccc4c(c3)c(-c3ccccc3)c(-c3ccccc3)c3ccccc34)cc2)c2cccc(-c3cccc4c5ccccc5n(-c5ccccc5)c34)c2)cc1. The third kappa shape index (κ3) is 7.05. The summed E-state index contributed by atoms with van der Waals surface area (Å²) in [4.78, 5) is 2.43. The molecular weight excluding hydrogens is 845 g/mol. The van der Waals surface area contributed by atoms with Crippen LogP contribution in [-0.2, 0) is 0 Å². The molecular formula is C68H46N2. The average molecular weight is 891 g/mol. The van der Waals surface area contributed by atoms with E-state index in [9.17, 15) is 0 Å². The first kappa shape index (κ1) is 41.0. The Morgan fingerprint density at radius 2 is 0.771 bits per heavy atom. The second-order valence-corrected chi connectivity index (χ2v) is 18.0. The van der Waals surface area contributed by atoms with Gasteiger partial charge in [-0.3, -0.25) is 0 Å². The van der Waals surface area contributed by atoms with Gasteiger partial charge in [-0.15, -0.1) is 0 Å². The van der Waals surface area contributed by atoms with Gasteiger partial charge in [-0.05, 0) is 121 Å². The van der Waals surface area contributed by atoms with Gasteiger partial charge < -0.3 is 9.47 Å². The van der Waals surface area contributed by atoms with Crippen molar-refractivity contribution < 1.29 is 0 Å². The summed E-state index contributed by atoms with van der Waals surface area (Å²) >= 11 is 0. The molecule has 0 bridgehead atoms. The highest BCUT2D eigenvalue weighted by Gasteiger charge is 2.22. The predicted molar refractivity (Wildman–Crippen MR) is 298 cm³/mol. The van der Waals surface area contributed by atoms with Crippen LogP contribution in [0, 0.1) is 0 Å². The van der Waals surface area contributed by atoms with Gasteiger partial charge in [-0.25, -0.2) is 0 Å². The Hall–Kier alpha value is -9.24. The maximum Gasteiger partial charge on any atom is 0.0619 e. The molecule has 0 saturated carbocycles. The molecule has 328 valence electrons. The van der Waals surface area contributed by atoms with Crippen molar-refractivity contribution in [3.05, 3.63) is 279 Å². The average Bonchev–Trinajstić information content (AvgIpc) is 3.79. The fourth-order valence-corrected chi connectivity index (χ4v) is 10.9. The van der Waals surface area contributed by atoms with Crippen molar-refractivity contribution in [3.63, 3.8) is 0 Å². The predicted octanol–water partition coefficient (Wildman–Crippen LogP) is 18.9. The number of hydrogen-bond acceptors (Lipinski definition) is 1. The highest BCUT2D eigenvalue weighted by molar-refractivity contribution is 6.22. The minimum absolute atomic E-state index is 1.07. The largest absolute Gasteiger partial charge is 0.310 e. The van der Waals surface area contributed by atoms with Crippen LogP contribution in [0.4, 0.5) is 17.1 Å². The third-order valence-corrected chi connectivity index (χ3v) is 14.0. The Labute approximate surface area is 408 Å². The molecule has 0 N–H and O–H groups in total. The molecule has 13 rings (SSSR count). The number of para-hydroxylation sites is 4. The van der Waals surface area contributed by atoms with Crippen molar-refractivity contribution in [3.8, 4) is 61.3 Å². The minimum atomic E-state index is 1.07. The summed E-state index contributed by atoms with van der Waals surface area (Å²) in [6.07, 6.45) is 0. The Morgan fingerprint density at radius 1 is 0.257 bits per heavy atom. The number of benzene rings is 12. The van der Waals surface area contributed by atoms with E-state index in [-0.39, 0.29) is 0 Å². The van der Waals surface area contributed by atoms with Crippen molar-refractivity contribution in [2.24, 2.45) is 0 Å². The quantitative estimate of drug-likeness (QED) is 0.131. The summed E-state index contributed by atoms with van der Waals surface area (Å²) in [7, 11) is 0. The summed E-state index contributed by atoms with van der Waals surface area (Å²) in [6.45, 7) is 0. The van der Waals surface area contributed by atoms with Crippen LogP contribution in [-0.4, -0.2) is 4.57 Å². The molecule has 70 heavy (non-hydrogen) atoms. The van der Waals surface area contributed by atoms with Gasteiger partial charge >= 0.3 is 0 Å². The van der Waals surface area contributed by atoms with Gasteiger partial charge in [0.2, 0.25) is 0 Å². The van der Waals surface area contributed by atoms with Crippen LogP contribution in [0.15, 0.2) is 279 Å². The second-order valence-electron chi connectivity index (χ2n) is 18.0. The monoisotopic (exact) mass is 890 g/mol. The summed E-state index contributed by atoms with van der Waals surface area (Å²) < 4.78 is 2.43. The summed E-state index contributed by atoms with van der Waals surface area (Å²) in [5.74, 6) is 0. The normalized spacial score (nSPS) is 11.4. The van der Waals surface area contributed by atoms with Gasteiger partial charge in [0.15, 0.2) is 0 Å². The zero-order valence-corrected chi connectivity index (χ0v) is 38.5. The standard InChI is InChI=1S/C68H46N2/c1-5-21-48(22-6-1)56-31-15-17-37-64(56)69(55-30-19-27-52(45-55)57-35-20-36-62-60-33-16-18-38-65(60)70(68(57)62)53-28-11-4-12-29-53)54-42-39-47(40-43-54)51-41-44-59-58-32-13-14-34-61(58)66(49-23-7-2-8-24-49)67(63(59)46-51)50-25-9-3-10-26-50/h1-46H. The van der Waals surface area contributed by atoms with E-state index in [2.05, 4.69) is 289 Å². The molecule has 0 saturated heterocycles. The number of hydrogen-bond donors (Lipinski definition) is 0. The number of rotatable bonds is 9. The molecule has 1 aromatic heterocycles. The van der Waals surface area contributed by atoms with Gasteiger partial charge in [0, 0.05) is 39.0 Å². The molecule has 0 amide bonds. The maximum atomic E-state index is 2.43. The first-order valence-corrected chi connectivity index (χ1v) is 24.1. The lowest BCUT2D eigenvalue weighted by Crippen LogP contribution is -2.11. The molecule has 2 nitrogen and oxygen atoms in total. The van der Waals surface area contributed by atoms with Crippen molar-refractivity contribution >= 4 is 60.4 Å². The molecule has 1 heterocycles. The van der Waals surface area contributed by atoms with Gasteiger partial charge in [0.05, 0.1) is 16.7 Å². The van der Waals surface area contributed by atoms with Crippen molar-refractivity contribution in [2.75, 3.05) is 4.90 Å². The molecule has 12 aromatic carbocycles. The lowest BCUT2D eigenvalue weighted by atomic mass is 9.84. The van der Waals surface area contributed by atoms with E-state index in [1.54, 1.807) is 0 Å². The van der Waals surface area contributed by atoms with Gasteiger partial charge in [-0.2, -0.15) is 0 Å². The topological polar surface area (TPSA) is 8.17 Å². The maximum absolute atomic E-state index is 2.43. The molecule has 0 fully saturated rings. The van der Waals surface area contributed by atoms with Crippen LogP contribution in [0.3, 0.4) is 0 Å². The Bertz CT molecular complexity index is 4020. The zero-order valence-electron chi connectivity index (χ0n) is 38.5. The fourth-order valence-electron chi connectivity index (χ4n) is 10.9. The smallest absolute Gasteiger partial charge is 0.0619 e. The van der Waals surface area contributed by atoms with Crippen molar-refractivity contribution in [1.82, 2.24) is 4.57 Å². The van der Waals surface area contributed by atoms with E-state index in [0.717, 1.165) is 39.4 Å². The molecule has 0 spiro atoms. The molecule has 0 aliphatic heterocycles. The van der Waals surface area contributed by atoms with Crippen molar-refractivity contribution in [2.45, 2.75) is 0 Å². The highest BCUT2D eigenvalue weighted by Crippen LogP contribution is 2.47. The second kappa shape index (κ2) is 17.4. The summed E-state index contributed by atoms with van der Waals surface area (Å²) in [6, 6.07) is 102. The Balaban J connectivity index is 0.983. The van der Waals surface area contributed by atoms with Crippen LogP contribution in [0.1, 0.15) is 0 Å². The van der Waals surface area contributed by atoms with E-state index in [1.165, 1.54) is 82.3 Å². The van der Waals surface area contributed by atoms with E-state index in [0.29, 0.717) is 0 Å². The molecule has 0 radical (unpaired) electrons. The van der Waals surface area contributed by atoms with Crippen LogP contribution in [0.5, 0.6) is 0 Å². The van der Waals surface area contributed by atoms with Crippen LogP contribution in [0.2, 0.25) is 0 Å². The number of aromatic nitrogens is 1. The molecule has 2 heteroatoms. The van der Waals surface area contributed by atoms with E-state index in [4.69, 9.17) is 0 Å². The summed E-state index contributed by atoms with van der Waals surface area (Å²) in [5.41, 5.74) is 18.7. The molecule has 13 aromatic rings. The van der Waals surface area contributed by atoms with Crippen LogP contribution < -0.4 is 4.90 Å². The molecule has 0 unspecified atom stereocenters. The van der Waals surface area contributed by atoms with E-state index >= 15 is 0 Å². The van der Waals surface area contributed by atoms with Crippen LogP contribution in [0.25, 0.3) is 105 Å². The van der Waals surface area contributed by atoms with Gasteiger partial charge in [0.1, 0.15) is 0 Å². The lowest BCUT2D eigenvalue weighted by molar-refractivity contribution is 1.18. The fraction of sp³-hybridized carbons (Fsp3) is 0. The third-order valence-electron chi connectivity index (χ3n) is 14.0. The number of nitrogens with zero attached hydrogens (tertiary/aromatic N) is 2. The highest BCUT2D eigenvalue weighted by atomic mass is 15.1. The molecule has 0 atom stereocenters.